The Morgan fingerprint density at radius 2 is 0.959 bits per heavy atom. The number of rotatable bonds is 18. The average molecular weight is 1360 g/mol. The number of methoxy groups -OCH3 is 6. The van der Waals surface area contributed by atoms with Crippen LogP contribution >= 0.6 is 0 Å². The molecule has 0 saturated carbocycles. The minimum Gasteiger partial charge on any atom is -0.502 e. The minimum absolute atomic E-state index is 0.0250. The van der Waals surface area contributed by atoms with Gasteiger partial charge in [-0.1, -0.05) is 24.9 Å². The molecule has 0 aromatic heterocycles. The lowest BCUT2D eigenvalue weighted by Crippen LogP contribution is -2.40. The van der Waals surface area contributed by atoms with Gasteiger partial charge >= 0.3 is 47.2 Å². The van der Waals surface area contributed by atoms with E-state index < -0.39 is 45.2 Å². The van der Waals surface area contributed by atoms with Crippen molar-refractivity contribution in [1.29, 1.82) is 0 Å². The van der Waals surface area contributed by atoms with Crippen LogP contribution in [0.2, 0.25) is 0 Å². The Bertz CT molecular complexity index is 3950. The normalized spacial score (nSPS) is 13.2. The maximum absolute atomic E-state index is 11.4. The third-order valence-corrected chi connectivity index (χ3v) is 13.3. The zero-order valence-electron chi connectivity index (χ0n) is 56.0. The van der Waals surface area contributed by atoms with Crippen molar-refractivity contribution in [2.24, 2.45) is 5.11 Å². The number of benzene rings is 6. The number of carbonyl (C=O) groups is 6. The van der Waals surface area contributed by atoms with Crippen molar-refractivity contribution >= 4 is 69.9 Å². The number of nitrogens with zero attached hydrogens (tertiary/aromatic N) is 6. The number of hydrogen-bond donors (Lipinski definition) is 3. The summed E-state index contributed by atoms with van der Waals surface area (Å²) in [4.78, 5) is 92.4. The van der Waals surface area contributed by atoms with Crippen LogP contribution in [0, 0.1) is 20.2 Å². The number of ether oxygens (including phenoxy) is 11. The molecule has 1 atom stereocenters. The lowest BCUT2D eigenvalue weighted by Gasteiger charge is -2.33. The Hall–Kier alpha value is -12.3. The highest BCUT2D eigenvalue weighted by molar-refractivity contribution is 5.94. The summed E-state index contributed by atoms with van der Waals surface area (Å²) in [5.74, 6) is -0.733. The number of esters is 6. The quantitative estimate of drug-likeness (QED) is 0.00687. The Kier molecular flexibility index (Phi) is 29.0. The number of phenols is 1. The second-order valence-electron chi connectivity index (χ2n) is 22.3. The van der Waals surface area contributed by atoms with E-state index in [1.807, 2.05) is 39.8 Å². The van der Waals surface area contributed by atoms with Crippen LogP contribution in [0.15, 0.2) is 151 Å². The number of anilines is 3. The fourth-order valence-electron chi connectivity index (χ4n) is 8.27. The van der Waals surface area contributed by atoms with E-state index in [2.05, 4.69) is 70.6 Å². The van der Waals surface area contributed by atoms with Gasteiger partial charge in [0.05, 0.1) is 120 Å². The summed E-state index contributed by atoms with van der Waals surface area (Å²) in [5, 5.41) is 37.1. The van der Waals surface area contributed by atoms with Gasteiger partial charge in [0.1, 0.15) is 56.0 Å². The number of phenolic OH excluding ortho intramolecular Hbond substituents is 1. The van der Waals surface area contributed by atoms with Gasteiger partial charge < -0.3 is 73.2 Å². The summed E-state index contributed by atoms with van der Waals surface area (Å²) in [5.41, 5.74) is 20.3. The van der Waals surface area contributed by atoms with Crippen molar-refractivity contribution in [1.82, 2.24) is 0 Å². The number of hydrogen-bond acceptors (Lipinski definition) is 26. The summed E-state index contributed by atoms with van der Waals surface area (Å²) in [6.45, 7) is 25.9. The molecular weight excluding hydrogens is 1280 g/mol. The monoisotopic (exact) mass is 1360 g/mol. The second kappa shape index (κ2) is 36.4. The minimum atomic E-state index is -0.776. The van der Waals surface area contributed by atoms with Crippen LogP contribution in [0.1, 0.15) is 104 Å². The van der Waals surface area contributed by atoms with Crippen molar-refractivity contribution in [3.8, 4) is 34.5 Å². The number of nitrogen functional groups attached to an aromatic ring is 1. The van der Waals surface area contributed by atoms with Crippen LogP contribution < -0.4 is 39.6 Å². The average Bonchev–Trinajstić information content (AvgIpc) is 1.57. The van der Waals surface area contributed by atoms with E-state index in [0.717, 1.165) is 70.9 Å². The summed E-state index contributed by atoms with van der Waals surface area (Å²) in [7, 11) is 7.74. The van der Waals surface area contributed by atoms with E-state index in [4.69, 9.17) is 44.8 Å². The molecule has 4 N–H and O–H groups in total. The van der Waals surface area contributed by atoms with E-state index in [9.17, 15) is 49.0 Å². The third kappa shape index (κ3) is 23.0. The van der Waals surface area contributed by atoms with Crippen molar-refractivity contribution in [3.05, 3.63) is 210 Å². The lowest BCUT2D eigenvalue weighted by molar-refractivity contribution is -0.386. The van der Waals surface area contributed by atoms with Crippen LogP contribution in [-0.2, 0) is 28.4 Å². The molecule has 30 nitrogen and oxygen atoms in total. The van der Waals surface area contributed by atoms with Crippen LogP contribution in [0.5, 0.6) is 34.5 Å². The number of aromatic hydroxyl groups is 1. The van der Waals surface area contributed by atoms with E-state index in [1.54, 1.807) is 49.4 Å². The fraction of sp³-hybridized carbons (Fsp3) is 0.294. The Labute approximate surface area is 563 Å². The molecule has 98 heavy (non-hydrogen) atoms. The highest BCUT2D eigenvalue weighted by Crippen LogP contribution is 2.47. The molecule has 9 rings (SSSR count). The molecule has 0 spiro atoms. The molecule has 1 saturated heterocycles. The molecule has 3 aliphatic heterocycles. The summed E-state index contributed by atoms with van der Waals surface area (Å²) < 4.78 is 54.7. The summed E-state index contributed by atoms with van der Waals surface area (Å²) in [6.07, 6.45) is 0. The van der Waals surface area contributed by atoms with Gasteiger partial charge in [-0.3, -0.25) is 20.2 Å². The number of nitrogens with one attached hydrogen (secondary N) is 1. The maximum atomic E-state index is 11.4. The number of nitro groups is 2. The Balaban J connectivity index is 0.000000250. The molecule has 0 aliphatic carbocycles. The molecule has 30 heteroatoms. The molecule has 1 fully saturated rings. The number of nitro benzene ring substituents is 2. The van der Waals surface area contributed by atoms with Gasteiger partial charge in [0.25, 0.3) is 0 Å². The lowest BCUT2D eigenvalue weighted by atomic mass is 10.0. The van der Waals surface area contributed by atoms with Gasteiger partial charge in [0.2, 0.25) is 0 Å². The first-order valence-electron chi connectivity index (χ1n) is 29.1. The molecule has 3 heterocycles. The van der Waals surface area contributed by atoms with E-state index in [0.29, 0.717) is 59.3 Å². The molecule has 520 valence electrons. The zero-order chi connectivity index (χ0) is 73.2. The largest absolute Gasteiger partial charge is 0.502 e. The predicted molar refractivity (Wildman–Crippen MR) is 360 cm³/mol. The van der Waals surface area contributed by atoms with E-state index in [1.165, 1.54) is 79.1 Å². The Morgan fingerprint density at radius 1 is 0.571 bits per heavy atom. The van der Waals surface area contributed by atoms with E-state index in [-0.39, 0.29) is 57.9 Å². The van der Waals surface area contributed by atoms with Crippen LogP contribution in [0.3, 0.4) is 0 Å². The first kappa shape index (κ1) is 78.1. The molecule has 1 unspecified atom stereocenters. The summed E-state index contributed by atoms with van der Waals surface area (Å²) >= 11 is 0. The number of azide groups is 1. The van der Waals surface area contributed by atoms with Gasteiger partial charge in [-0.2, -0.15) is 0 Å². The molecule has 3 aliphatic rings. The molecule has 6 aromatic carbocycles. The molecule has 0 bridgehead atoms. The van der Waals surface area contributed by atoms with Crippen molar-refractivity contribution in [3.63, 3.8) is 0 Å². The smallest absolute Gasteiger partial charge is 0.338 e. The van der Waals surface area contributed by atoms with Crippen molar-refractivity contribution in [2.45, 2.75) is 52.6 Å². The van der Waals surface area contributed by atoms with Crippen molar-refractivity contribution in [2.75, 3.05) is 98.2 Å². The highest BCUT2D eigenvalue weighted by atomic mass is 16.6. The molecular formula is C68H76N8O22. The first-order chi connectivity index (χ1) is 46.3. The highest BCUT2D eigenvalue weighted by Gasteiger charge is 2.52. The number of fused-ring (bicyclic) bond motifs is 4. The standard InChI is InChI=1S/C12H13N3O3.C12H13NO5.C12H13NO3.2C12H15NO3.C8H7NO5/c1-8(2)7-18-11-5-4-9(12(16)17-3)6-10(11)14-15-13;1-8(2)7-18-11-5-4-9(12(14)17-3)6-10(11)13(15)16;1-12-6-13(12)9-5-8(11(14)15-2)3-4-10(9)16-7-12;1-12(2)7-16-10-5-4-8(11(14)15-3)6-9(10)13-12;1-8(2)7-16-11-5-4-9(6-10(11)13)12(14)15-3;1-14-8(11)5-2-3-7(10)6(4-5)9(12)13/h2*4-6H,1,7H2,2-3H3;3-5H,6-7H2,1-2H3;4-6,13H,7H2,1-3H3;4-6H,1,7,13H2,2-3H3;2-4,10H,1H3. The van der Waals surface area contributed by atoms with E-state index >= 15 is 0 Å². The number of carbonyl (C=O) groups excluding carboxylic acids is 6. The molecule has 6 aromatic rings. The SMILES string of the molecule is C=C(C)COc1ccc(C(=O)OC)cc1N.C=C(C)COc1ccc(C(=O)OC)cc1N=[N+]=[N-].C=C(C)COc1ccc(C(=O)OC)cc1[N+](=O)[O-].COC(=O)c1ccc(O)c([N+](=O)[O-])c1.COC(=O)c1ccc2c(c1)N1CC1(C)CO2.COC(=O)c1ccc2c(c1)NC(C)(C)CO2. The van der Waals surface area contributed by atoms with Crippen LogP contribution in [0.25, 0.3) is 10.4 Å². The predicted octanol–water partition coefficient (Wildman–Crippen LogP) is 12.3. The second-order valence-corrected chi connectivity index (χ2v) is 22.3. The van der Waals surface area contributed by atoms with Gasteiger partial charge in [-0.15, -0.1) is 0 Å². The zero-order valence-corrected chi connectivity index (χ0v) is 56.0. The van der Waals surface area contributed by atoms with Gasteiger partial charge in [-0.25, -0.2) is 28.8 Å². The van der Waals surface area contributed by atoms with Crippen LogP contribution in [-0.4, -0.2) is 144 Å². The Morgan fingerprint density at radius 3 is 1.43 bits per heavy atom. The number of nitrogens with two attached hydrogens (primary N) is 1. The molecule has 0 radical (unpaired) electrons. The van der Waals surface area contributed by atoms with Gasteiger partial charge in [0, 0.05) is 23.6 Å². The van der Waals surface area contributed by atoms with Gasteiger partial charge in [0.15, 0.2) is 11.5 Å². The van der Waals surface area contributed by atoms with Gasteiger partial charge in [-0.05, 0) is 161 Å². The van der Waals surface area contributed by atoms with Crippen molar-refractivity contribution < 1.29 is 95.8 Å². The third-order valence-electron chi connectivity index (χ3n) is 13.3. The fourth-order valence-corrected chi connectivity index (χ4v) is 8.27. The van der Waals surface area contributed by atoms with Crippen LogP contribution in [0.4, 0.5) is 34.1 Å². The maximum Gasteiger partial charge on any atom is 0.338 e. The molecule has 0 amide bonds. The first-order valence-corrected chi connectivity index (χ1v) is 29.1. The summed E-state index contributed by atoms with van der Waals surface area (Å²) in [6, 6.07) is 27.1. The topological polar surface area (TPSA) is 400 Å².